The number of ether oxygens (including phenoxy) is 3. The molecule has 0 bridgehead atoms. The second-order valence-electron chi connectivity index (χ2n) is 8.89. The summed E-state index contributed by atoms with van der Waals surface area (Å²) in [6.45, 7) is 12.0. The molecule has 2 saturated carbocycles. The molecule has 0 aromatic rings. The minimum atomic E-state index is -0.559. The van der Waals surface area contributed by atoms with Crippen molar-refractivity contribution in [3.05, 3.63) is 24.8 Å². The molecule has 3 nitrogen and oxygen atoms in total. The van der Waals surface area contributed by atoms with Crippen molar-refractivity contribution >= 4 is 0 Å². The highest BCUT2D eigenvalue weighted by Crippen LogP contribution is 2.64. The van der Waals surface area contributed by atoms with E-state index in [9.17, 15) is 0 Å². The first-order valence-electron chi connectivity index (χ1n) is 10.2. The quantitative estimate of drug-likeness (QED) is 0.538. The molecule has 2 aliphatic carbocycles. The van der Waals surface area contributed by atoms with E-state index >= 15 is 0 Å². The Morgan fingerprint density at radius 3 is 2.62 bits per heavy atom. The Bertz CT molecular complexity index is 640. The average molecular weight is 357 g/mol. The first kappa shape index (κ1) is 18.3. The van der Waals surface area contributed by atoms with Crippen LogP contribution in [0.15, 0.2) is 24.8 Å². The van der Waals surface area contributed by atoms with Crippen LogP contribution in [0.4, 0.5) is 0 Å². The van der Waals surface area contributed by atoms with Gasteiger partial charge in [-0.05, 0) is 56.9 Å². The third-order valence-electron chi connectivity index (χ3n) is 7.76. The van der Waals surface area contributed by atoms with Crippen LogP contribution in [0.25, 0.3) is 0 Å². The van der Waals surface area contributed by atoms with Crippen molar-refractivity contribution in [1.82, 2.24) is 0 Å². The van der Waals surface area contributed by atoms with E-state index in [4.69, 9.17) is 20.6 Å². The van der Waals surface area contributed by atoms with Crippen LogP contribution in [-0.2, 0) is 14.2 Å². The smallest absolute Gasteiger partial charge is 0.174 e. The van der Waals surface area contributed by atoms with Gasteiger partial charge in [0.25, 0.3) is 0 Å². The Morgan fingerprint density at radius 1 is 1.19 bits per heavy atom. The van der Waals surface area contributed by atoms with Crippen LogP contribution in [0.5, 0.6) is 0 Å². The van der Waals surface area contributed by atoms with Gasteiger partial charge in [-0.2, -0.15) is 0 Å². The molecule has 2 spiro atoms. The summed E-state index contributed by atoms with van der Waals surface area (Å²) in [4.78, 5) is 0. The van der Waals surface area contributed by atoms with Crippen molar-refractivity contribution in [1.29, 1.82) is 0 Å². The Hall–Kier alpha value is -1.08. The summed E-state index contributed by atoms with van der Waals surface area (Å²) >= 11 is 0. The molecule has 0 aromatic heterocycles. The Balaban J connectivity index is 1.69. The molecule has 0 aromatic carbocycles. The molecule has 2 aliphatic heterocycles. The molecule has 4 fully saturated rings. The molecule has 4 aliphatic rings. The molecule has 3 heteroatoms. The first-order chi connectivity index (χ1) is 12.5. The van der Waals surface area contributed by atoms with Gasteiger partial charge >= 0.3 is 0 Å². The summed E-state index contributed by atoms with van der Waals surface area (Å²) in [5, 5.41) is 0. The molecule has 0 amide bonds. The van der Waals surface area contributed by atoms with E-state index in [0.29, 0.717) is 13.2 Å². The molecule has 0 N–H and O–H groups in total. The highest BCUT2D eigenvalue weighted by Gasteiger charge is 2.68. The summed E-state index contributed by atoms with van der Waals surface area (Å²) in [6.07, 6.45) is 17.2. The maximum absolute atomic E-state index is 6.89. The number of hydrogen-bond donors (Lipinski definition) is 0. The Kier molecular flexibility index (Phi) is 4.38. The molecule has 2 heterocycles. The number of hydrogen-bond acceptors (Lipinski definition) is 3. The van der Waals surface area contributed by atoms with E-state index in [1.807, 2.05) is 6.08 Å². The number of rotatable bonds is 3. The lowest BCUT2D eigenvalue weighted by molar-refractivity contribution is -0.237. The van der Waals surface area contributed by atoms with Crippen LogP contribution in [0.1, 0.15) is 64.7 Å². The fourth-order valence-electron chi connectivity index (χ4n) is 6.34. The lowest BCUT2D eigenvalue weighted by Gasteiger charge is -2.47. The minimum absolute atomic E-state index is 0.199. The predicted molar refractivity (Wildman–Crippen MR) is 103 cm³/mol. The monoisotopic (exact) mass is 356 g/mol. The molecular formula is C23H32O3. The van der Waals surface area contributed by atoms with Crippen LogP contribution >= 0.6 is 0 Å². The summed E-state index contributed by atoms with van der Waals surface area (Å²) in [7, 11) is 0. The van der Waals surface area contributed by atoms with Crippen LogP contribution in [0.2, 0.25) is 0 Å². The number of allylic oxidation sites excluding steroid dienone is 1. The summed E-state index contributed by atoms with van der Waals surface area (Å²) in [6, 6.07) is 0. The standard InChI is InChI=1S/C23H32O3/c1-5-11-20(4)19(10-13-23(20)24-16-17-25-23)21(6-2)14-15-22(26-21)12-8-7-9-18(22)3/h2,5,19H,1,3,7-17H2,4H3/t19-,20-,21+,22?/m0/s1. The third kappa shape index (κ3) is 2.32. The van der Waals surface area contributed by atoms with Crippen LogP contribution in [0, 0.1) is 23.7 Å². The maximum Gasteiger partial charge on any atom is 0.174 e. The highest BCUT2D eigenvalue weighted by molar-refractivity contribution is 5.28. The van der Waals surface area contributed by atoms with Crippen molar-refractivity contribution in [2.24, 2.45) is 11.3 Å². The Labute approximate surface area is 158 Å². The van der Waals surface area contributed by atoms with Crippen LogP contribution in [0.3, 0.4) is 0 Å². The molecule has 0 radical (unpaired) electrons. The molecule has 4 rings (SSSR count). The van der Waals surface area contributed by atoms with Crippen LogP contribution in [-0.4, -0.2) is 30.2 Å². The van der Waals surface area contributed by atoms with Crippen molar-refractivity contribution < 1.29 is 14.2 Å². The van der Waals surface area contributed by atoms with Gasteiger partial charge in [-0.3, -0.25) is 0 Å². The lowest BCUT2D eigenvalue weighted by atomic mass is 9.66. The SMILES string of the molecule is C#C[C@]1([C@H]2CCC3(OCCO3)[C@@]2(C)CC=C)CCC2(CCCCC2=C)O1. The van der Waals surface area contributed by atoms with Gasteiger partial charge in [0.2, 0.25) is 0 Å². The van der Waals surface area contributed by atoms with Gasteiger partial charge in [0, 0.05) is 17.8 Å². The van der Waals surface area contributed by atoms with Gasteiger partial charge in [-0.25, -0.2) is 0 Å². The van der Waals surface area contributed by atoms with E-state index in [2.05, 4.69) is 26.0 Å². The molecule has 26 heavy (non-hydrogen) atoms. The van der Waals surface area contributed by atoms with Gasteiger partial charge in [-0.15, -0.1) is 13.0 Å². The molecule has 1 unspecified atom stereocenters. The first-order valence-corrected chi connectivity index (χ1v) is 10.2. The van der Waals surface area contributed by atoms with E-state index < -0.39 is 11.4 Å². The number of terminal acetylenes is 1. The van der Waals surface area contributed by atoms with E-state index in [-0.39, 0.29) is 16.9 Å². The fourth-order valence-corrected chi connectivity index (χ4v) is 6.34. The van der Waals surface area contributed by atoms with Crippen molar-refractivity contribution in [3.8, 4) is 12.3 Å². The van der Waals surface area contributed by atoms with Gasteiger partial charge in [0.05, 0.1) is 18.8 Å². The van der Waals surface area contributed by atoms with E-state index in [1.54, 1.807) is 0 Å². The summed E-state index contributed by atoms with van der Waals surface area (Å²) in [5.41, 5.74) is 0.246. The summed E-state index contributed by atoms with van der Waals surface area (Å²) in [5.74, 6) is 2.78. The summed E-state index contributed by atoms with van der Waals surface area (Å²) < 4.78 is 19.3. The zero-order chi connectivity index (χ0) is 18.5. The predicted octanol–water partition coefficient (Wildman–Crippen LogP) is 4.77. The van der Waals surface area contributed by atoms with Gasteiger partial charge in [0.15, 0.2) is 5.79 Å². The minimum Gasteiger partial charge on any atom is -0.351 e. The van der Waals surface area contributed by atoms with Crippen molar-refractivity contribution in [3.63, 3.8) is 0 Å². The van der Waals surface area contributed by atoms with E-state index in [1.165, 1.54) is 18.4 Å². The lowest BCUT2D eigenvalue weighted by Crippen LogP contribution is -2.53. The second kappa shape index (κ2) is 6.23. The molecule has 142 valence electrons. The zero-order valence-electron chi connectivity index (χ0n) is 16.1. The second-order valence-corrected chi connectivity index (χ2v) is 8.89. The van der Waals surface area contributed by atoms with Gasteiger partial charge in [0.1, 0.15) is 5.60 Å². The van der Waals surface area contributed by atoms with Crippen molar-refractivity contribution in [2.45, 2.75) is 81.7 Å². The maximum atomic E-state index is 6.89. The molecule has 2 saturated heterocycles. The van der Waals surface area contributed by atoms with Crippen LogP contribution < -0.4 is 0 Å². The third-order valence-corrected chi connectivity index (χ3v) is 7.76. The largest absolute Gasteiger partial charge is 0.351 e. The van der Waals surface area contributed by atoms with E-state index in [0.717, 1.165) is 44.9 Å². The van der Waals surface area contributed by atoms with Gasteiger partial charge < -0.3 is 14.2 Å². The fraction of sp³-hybridized carbons (Fsp3) is 0.739. The van der Waals surface area contributed by atoms with Gasteiger partial charge in [-0.1, -0.05) is 25.5 Å². The molecule has 4 atom stereocenters. The van der Waals surface area contributed by atoms with Crippen molar-refractivity contribution in [2.75, 3.05) is 13.2 Å². The normalized spacial score (nSPS) is 44.6. The topological polar surface area (TPSA) is 27.7 Å². The highest BCUT2D eigenvalue weighted by atomic mass is 16.7. The average Bonchev–Trinajstić information content (AvgIpc) is 3.32. The molecular weight excluding hydrogens is 324 g/mol. The zero-order valence-corrected chi connectivity index (χ0v) is 16.1. The Morgan fingerprint density at radius 2 is 1.96 bits per heavy atom.